The molecule has 0 saturated carbocycles. The number of carboxylic acid groups (broad SMARTS) is 1. The molecule has 5 nitrogen and oxygen atoms in total. The van der Waals surface area contributed by atoms with E-state index in [0.29, 0.717) is 10.6 Å². The second kappa shape index (κ2) is 6.19. The summed E-state index contributed by atoms with van der Waals surface area (Å²) < 4.78 is 16.2. The molecule has 25 heavy (non-hydrogen) atoms. The molecule has 7 heteroatoms. The van der Waals surface area contributed by atoms with Gasteiger partial charge in [0.1, 0.15) is 0 Å². The molecule has 1 aromatic heterocycles. The van der Waals surface area contributed by atoms with Crippen LogP contribution in [0, 0.1) is 13.8 Å². The summed E-state index contributed by atoms with van der Waals surface area (Å²) in [6, 6.07) is 8.97. The minimum Gasteiger partial charge on any atom is -0.479 e. The molecule has 1 aliphatic heterocycles. The zero-order valence-electron chi connectivity index (χ0n) is 13.9. The quantitative estimate of drug-likeness (QED) is 0.908. The Hall–Kier alpha value is -2.34. The maximum absolute atomic E-state index is 14.2. The SMILES string of the molecule is Cc1cc(C(=O)N2CCC(F)(C(=O)O)C2)c(C)n1-c1ccc(Cl)cc1. The number of likely N-dealkylation sites (tertiary alicyclic amines) is 1. The van der Waals surface area contributed by atoms with Gasteiger partial charge in [0.2, 0.25) is 5.67 Å². The van der Waals surface area contributed by atoms with Crippen molar-refractivity contribution in [1.82, 2.24) is 9.47 Å². The number of aromatic nitrogens is 1. The molecule has 0 spiro atoms. The first-order chi connectivity index (χ1) is 11.7. The van der Waals surface area contributed by atoms with Crippen molar-refractivity contribution in [2.24, 2.45) is 0 Å². The minimum absolute atomic E-state index is 0.0895. The van der Waals surface area contributed by atoms with E-state index in [1.807, 2.05) is 30.5 Å². The molecule has 0 radical (unpaired) electrons. The third-order valence-electron chi connectivity index (χ3n) is 4.64. The number of amides is 1. The molecule has 1 unspecified atom stereocenters. The third kappa shape index (κ3) is 3.02. The average Bonchev–Trinajstić information content (AvgIpc) is 3.10. The number of carboxylic acids is 1. The number of hydrogen-bond acceptors (Lipinski definition) is 2. The van der Waals surface area contributed by atoms with Crippen molar-refractivity contribution in [2.75, 3.05) is 13.1 Å². The molecule has 3 rings (SSSR count). The first kappa shape index (κ1) is 17.5. The van der Waals surface area contributed by atoms with Crippen LogP contribution in [0.15, 0.2) is 30.3 Å². The van der Waals surface area contributed by atoms with Gasteiger partial charge in [-0.15, -0.1) is 0 Å². The highest BCUT2D eigenvalue weighted by Crippen LogP contribution is 2.29. The molecule has 1 saturated heterocycles. The van der Waals surface area contributed by atoms with Crippen molar-refractivity contribution >= 4 is 23.5 Å². The van der Waals surface area contributed by atoms with Gasteiger partial charge in [0.15, 0.2) is 0 Å². The van der Waals surface area contributed by atoms with Crippen LogP contribution in [0.3, 0.4) is 0 Å². The summed E-state index contributed by atoms with van der Waals surface area (Å²) >= 11 is 5.92. The highest BCUT2D eigenvalue weighted by molar-refractivity contribution is 6.30. The smallest absolute Gasteiger partial charge is 0.343 e. The number of halogens is 2. The second-order valence-corrected chi connectivity index (χ2v) is 6.78. The highest BCUT2D eigenvalue weighted by atomic mass is 35.5. The number of carbonyl (C=O) groups is 2. The van der Waals surface area contributed by atoms with E-state index >= 15 is 0 Å². The Bertz CT molecular complexity index is 847. The number of aliphatic carboxylic acids is 1. The average molecular weight is 365 g/mol. The molecule has 1 amide bonds. The van der Waals surface area contributed by atoms with Gasteiger partial charge in [0.25, 0.3) is 5.91 Å². The number of nitrogens with zero attached hydrogens (tertiary/aromatic N) is 2. The van der Waals surface area contributed by atoms with Crippen LogP contribution < -0.4 is 0 Å². The monoisotopic (exact) mass is 364 g/mol. The highest BCUT2D eigenvalue weighted by Gasteiger charge is 2.47. The van der Waals surface area contributed by atoms with Crippen LogP contribution in [0.25, 0.3) is 5.69 Å². The number of carbonyl (C=O) groups excluding carboxylic acids is 1. The molecule has 1 aliphatic rings. The lowest BCUT2D eigenvalue weighted by atomic mass is 10.1. The van der Waals surface area contributed by atoms with Crippen LogP contribution in [0.5, 0.6) is 0 Å². The second-order valence-electron chi connectivity index (χ2n) is 6.34. The van der Waals surface area contributed by atoms with Gasteiger partial charge in [-0.05, 0) is 44.2 Å². The molecule has 132 valence electrons. The van der Waals surface area contributed by atoms with Gasteiger partial charge in [-0.2, -0.15) is 0 Å². The van der Waals surface area contributed by atoms with Crippen molar-refractivity contribution in [2.45, 2.75) is 25.9 Å². The van der Waals surface area contributed by atoms with E-state index in [9.17, 15) is 14.0 Å². The number of benzene rings is 1. The predicted molar refractivity (Wildman–Crippen MR) is 92.2 cm³/mol. The molecular weight excluding hydrogens is 347 g/mol. The Balaban J connectivity index is 1.92. The number of aryl methyl sites for hydroxylation is 1. The van der Waals surface area contributed by atoms with E-state index < -0.39 is 18.2 Å². The molecule has 2 aromatic rings. The van der Waals surface area contributed by atoms with Crippen LogP contribution in [-0.2, 0) is 4.79 Å². The van der Waals surface area contributed by atoms with Gasteiger partial charge in [-0.1, -0.05) is 11.6 Å². The predicted octanol–water partition coefficient (Wildman–Crippen LogP) is 3.39. The first-order valence-corrected chi connectivity index (χ1v) is 8.27. The molecule has 1 fully saturated rings. The van der Waals surface area contributed by atoms with Crippen molar-refractivity contribution in [1.29, 1.82) is 0 Å². The fraction of sp³-hybridized carbons (Fsp3) is 0.333. The lowest BCUT2D eigenvalue weighted by Gasteiger charge is -2.18. The van der Waals surface area contributed by atoms with E-state index in [4.69, 9.17) is 16.7 Å². The van der Waals surface area contributed by atoms with Gasteiger partial charge < -0.3 is 14.6 Å². The van der Waals surface area contributed by atoms with Crippen LogP contribution in [-0.4, -0.2) is 45.2 Å². The summed E-state index contributed by atoms with van der Waals surface area (Å²) in [5.74, 6) is -1.87. The standard InChI is InChI=1S/C18H18ClFN2O3/c1-11-9-15(12(2)22(11)14-5-3-13(19)4-6-14)16(23)21-8-7-18(20,10-21)17(24)25/h3-6,9H,7-8,10H2,1-2H3,(H,24,25). The van der Waals surface area contributed by atoms with Crippen LogP contribution in [0.1, 0.15) is 28.2 Å². The van der Waals surface area contributed by atoms with E-state index in [0.717, 1.165) is 17.1 Å². The van der Waals surface area contributed by atoms with Gasteiger partial charge in [0, 0.05) is 35.1 Å². The summed E-state index contributed by atoms with van der Waals surface area (Å²) in [5, 5.41) is 9.61. The Morgan fingerprint density at radius 3 is 2.44 bits per heavy atom. The summed E-state index contributed by atoms with van der Waals surface area (Å²) in [6.45, 7) is 3.35. The van der Waals surface area contributed by atoms with Gasteiger partial charge in [-0.3, -0.25) is 4.79 Å². The zero-order valence-corrected chi connectivity index (χ0v) is 14.7. The maximum Gasteiger partial charge on any atom is 0.343 e. The Morgan fingerprint density at radius 2 is 1.88 bits per heavy atom. The first-order valence-electron chi connectivity index (χ1n) is 7.89. The lowest BCUT2D eigenvalue weighted by Crippen LogP contribution is -2.39. The molecule has 2 heterocycles. The molecular formula is C18H18ClFN2O3. The Labute approximate surface area is 149 Å². The molecule has 0 aliphatic carbocycles. The van der Waals surface area contributed by atoms with Gasteiger partial charge in [-0.25, -0.2) is 9.18 Å². The van der Waals surface area contributed by atoms with Crippen molar-refractivity contribution in [3.05, 3.63) is 52.3 Å². The largest absolute Gasteiger partial charge is 0.479 e. The van der Waals surface area contributed by atoms with Crippen molar-refractivity contribution in [3.8, 4) is 5.69 Å². The van der Waals surface area contributed by atoms with Crippen molar-refractivity contribution < 1.29 is 19.1 Å². The number of rotatable bonds is 3. The van der Waals surface area contributed by atoms with Crippen LogP contribution in [0.4, 0.5) is 4.39 Å². The fourth-order valence-electron chi connectivity index (χ4n) is 3.26. The van der Waals surface area contributed by atoms with Crippen LogP contribution in [0.2, 0.25) is 5.02 Å². The Kier molecular flexibility index (Phi) is 4.33. The van der Waals surface area contributed by atoms with E-state index in [1.165, 1.54) is 4.90 Å². The summed E-state index contributed by atoms with van der Waals surface area (Å²) in [4.78, 5) is 25.1. The molecule has 0 bridgehead atoms. The topological polar surface area (TPSA) is 62.5 Å². The fourth-order valence-corrected chi connectivity index (χ4v) is 3.38. The van der Waals surface area contributed by atoms with Gasteiger partial charge in [0.05, 0.1) is 12.1 Å². The zero-order chi connectivity index (χ0) is 18.4. The summed E-state index contributed by atoms with van der Waals surface area (Å²) in [7, 11) is 0. The minimum atomic E-state index is -2.36. The van der Waals surface area contributed by atoms with E-state index in [1.54, 1.807) is 18.2 Å². The molecule has 1 N–H and O–H groups in total. The number of alkyl halides is 1. The molecule has 1 aromatic carbocycles. The number of hydrogen-bond donors (Lipinski definition) is 1. The normalized spacial score (nSPS) is 20.1. The third-order valence-corrected chi connectivity index (χ3v) is 4.89. The lowest BCUT2D eigenvalue weighted by molar-refractivity contribution is -0.149. The van der Waals surface area contributed by atoms with Crippen LogP contribution >= 0.6 is 11.6 Å². The Morgan fingerprint density at radius 1 is 1.24 bits per heavy atom. The van der Waals surface area contributed by atoms with E-state index in [2.05, 4.69) is 0 Å². The summed E-state index contributed by atoms with van der Waals surface area (Å²) in [6.07, 6.45) is -0.190. The maximum atomic E-state index is 14.2. The molecule has 1 atom stereocenters. The van der Waals surface area contributed by atoms with E-state index in [-0.39, 0.29) is 18.9 Å². The summed E-state index contributed by atoms with van der Waals surface area (Å²) in [5.41, 5.74) is 0.521. The van der Waals surface area contributed by atoms with Crippen molar-refractivity contribution in [3.63, 3.8) is 0 Å². The van der Waals surface area contributed by atoms with Gasteiger partial charge >= 0.3 is 5.97 Å².